The van der Waals surface area contributed by atoms with Gasteiger partial charge >= 0.3 is 5.69 Å². The van der Waals surface area contributed by atoms with E-state index in [9.17, 15) is 18.4 Å². The molecule has 0 saturated heterocycles. The summed E-state index contributed by atoms with van der Waals surface area (Å²) < 4.78 is 27.4. The van der Waals surface area contributed by atoms with Gasteiger partial charge in [-0.05, 0) is 12.1 Å². The van der Waals surface area contributed by atoms with E-state index in [0.717, 1.165) is 16.7 Å². The highest BCUT2D eigenvalue weighted by Gasteiger charge is 2.41. The van der Waals surface area contributed by atoms with E-state index in [0.29, 0.717) is 0 Å². The average Bonchev–Trinajstić information content (AvgIpc) is 2.97. The van der Waals surface area contributed by atoms with E-state index >= 15 is 0 Å². The number of H-pyrrole nitrogens is 1. The minimum absolute atomic E-state index is 0.0568. The molecule has 2 aromatic rings. The maximum atomic E-state index is 13.2. The van der Waals surface area contributed by atoms with Crippen LogP contribution in [0.4, 0.5) is 8.78 Å². The van der Waals surface area contributed by atoms with Crippen LogP contribution in [0.2, 0.25) is 5.02 Å². The molecule has 94 valence electrons. The number of hydrogen-bond donors (Lipinski definition) is 1. The molecule has 0 radical (unpaired) electrons. The number of hydrogen-bond acceptors (Lipinski definition) is 2. The quantitative estimate of drug-likeness (QED) is 0.860. The number of halogens is 3. The van der Waals surface area contributed by atoms with Gasteiger partial charge in [0.25, 0.3) is 5.56 Å². The summed E-state index contributed by atoms with van der Waals surface area (Å²) in [6, 6.07) is 1.33. The van der Waals surface area contributed by atoms with Gasteiger partial charge in [-0.2, -0.15) is 0 Å². The lowest BCUT2D eigenvalue weighted by atomic mass is 10.2. The maximum Gasteiger partial charge on any atom is 0.329 e. The Morgan fingerprint density at radius 2 is 2.06 bits per heavy atom. The number of benzene rings is 1. The molecule has 18 heavy (non-hydrogen) atoms. The molecule has 1 aromatic heterocycles. The molecular formula is C11H7ClF2N2O2. The second kappa shape index (κ2) is 3.65. The Bertz CT molecular complexity index is 768. The van der Waals surface area contributed by atoms with Crippen LogP contribution in [0.25, 0.3) is 10.9 Å². The van der Waals surface area contributed by atoms with Crippen molar-refractivity contribution in [1.82, 2.24) is 9.55 Å². The molecule has 7 heteroatoms. The van der Waals surface area contributed by atoms with Crippen molar-refractivity contribution in [2.75, 3.05) is 0 Å². The molecule has 1 aliphatic rings. The first-order valence-electron chi connectivity index (χ1n) is 5.26. The number of nitrogens with one attached hydrogen (secondary N) is 1. The van der Waals surface area contributed by atoms with Gasteiger partial charge in [0.05, 0.1) is 22.0 Å². The van der Waals surface area contributed by atoms with E-state index in [1.54, 1.807) is 0 Å². The van der Waals surface area contributed by atoms with E-state index < -0.39 is 29.3 Å². The number of rotatable bonds is 1. The molecule has 1 N–H and O–H groups in total. The largest absolute Gasteiger partial charge is 0.329 e. The normalized spacial score (nSPS) is 22.4. The Balaban J connectivity index is 2.49. The summed E-state index contributed by atoms with van der Waals surface area (Å²) in [6.07, 6.45) is -0.952. The molecule has 3 rings (SSSR count). The fourth-order valence-corrected chi connectivity index (χ4v) is 2.34. The summed E-state index contributed by atoms with van der Waals surface area (Å²) in [5.41, 5.74) is -1.38. The van der Waals surface area contributed by atoms with Crippen LogP contribution >= 0.6 is 11.6 Å². The Hall–Kier alpha value is -1.69. The van der Waals surface area contributed by atoms with Crippen LogP contribution in [-0.4, -0.2) is 15.7 Å². The molecule has 0 spiro atoms. The van der Waals surface area contributed by atoms with Gasteiger partial charge in [0.15, 0.2) is 0 Å². The first kappa shape index (κ1) is 11.4. The van der Waals surface area contributed by atoms with Crippen molar-refractivity contribution in [3.05, 3.63) is 43.8 Å². The summed E-state index contributed by atoms with van der Waals surface area (Å²) in [4.78, 5) is 25.3. The smallest absolute Gasteiger partial charge is 0.286 e. The SMILES string of the molecule is O=c1[nH]c(=O)n(C2CC2F)c2c(Cl)cc(F)cc12. The van der Waals surface area contributed by atoms with Gasteiger partial charge < -0.3 is 0 Å². The second-order valence-electron chi connectivity index (χ2n) is 4.23. The summed E-state index contributed by atoms with van der Waals surface area (Å²) >= 11 is 5.86. The molecule has 1 fully saturated rings. The molecule has 2 atom stereocenters. The highest BCUT2D eigenvalue weighted by Crippen LogP contribution is 2.40. The van der Waals surface area contributed by atoms with Crippen LogP contribution in [-0.2, 0) is 0 Å². The van der Waals surface area contributed by atoms with Crippen molar-refractivity contribution in [2.24, 2.45) is 0 Å². The third-order valence-electron chi connectivity index (χ3n) is 2.97. The van der Waals surface area contributed by atoms with Crippen molar-refractivity contribution < 1.29 is 8.78 Å². The third kappa shape index (κ3) is 1.56. The van der Waals surface area contributed by atoms with Crippen LogP contribution in [0.1, 0.15) is 12.5 Å². The predicted octanol–water partition coefficient (Wildman–Crippen LogP) is 1.77. The van der Waals surface area contributed by atoms with E-state index in [4.69, 9.17) is 11.6 Å². The second-order valence-corrected chi connectivity index (χ2v) is 4.64. The van der Waals surface area contributed by atoms with E-state index in [2.05, 4.69) is 0 Å². The third-order valence-corrected chi connectivity index (χ3v) is 3.25. The molecule has 1 aromatic carbocycles. The van der Waals surface area contributed by atoms with Crippen molar-refractivity contribution in [3.63, 3.8) is 0 Å². The molecule has 2 unspecified atom stereocenters. The van der Waals surface area contributed by atoms with Crippen molar-refractivity contribution in [2.45, 2.75) is 18.6 Å². The maximum absolute atomic E-state index is 13.2. The van der Waals surface area contributed by atoms with Gasteiger partial charge in [-0.3, -0.25) is 14.3 Å². The highest BCUT2D eigenvalue weighted by atomic mass is 35.5. The van der Waals surface area contributed by atoms with Gasteiger partial charge in [-0.25, -0.2) is 13.6 Å². The van der Waals surface area contributed by atoms with Crippen LogP contribution in [0.5, 0.6) is 0 Å². The van der Waals surface area contributed by atoms with E-state index in [1.807, 2.05) is 4.98 Å². The fourth-order valence-electron chi connectivity index (χ4n) is 2.05. The van der Waals surface area contributed by atoms with Crippen LogP contribution in [0.3, 0.4) is 0 Å². The number of fused-ring (bicyclic) bond motifs is 1. The number of alkyl halides is 1. The minimum atomic E-state index is -1.14. The summed E-state index contributed by atoms with van der Waals surface area (Å²) in [5, 5.41) is -0.133. The Morgan fingerprint density at radius 3 is 2.67 bits per heavy atom. The summed E-state index contributed by atoms with van der Waals surface area (Å²) in [6.45, 7) is 0. The van der Waals surface area contributed by atoms with E-state index in [-0.39, 0.29) is 22.3 Å². The standard InChI is InChI=1S/C11H7ClF2N2O2/c12-6-2-4(13)1-5-9(6)16(8-3-7(8)14)11(18)15-10(5)17/h1-2,7-8H,3H2,(H,15,17,18). The Morgan fingerprint density at radius 1 is 1.39 bits per heavy atom. The average molecular weight is 273 g/mol. The van der Waals surface area contributed by atoms with Crippen LogP contribution in [0.15, 0.2) is 21.7 Å². The first-order chi connectivity index (χ1) is 8.49. The predicted molar refractivity (Wildman–Crippen MR) is 62.3 cm³/mol. The molecule has 0 bridgehead atoms. The Kier molecular flexibility index (Phi) is 2.31. The van der Waals surface area contributed by atoms with Gasteiger partial charge in [-0.15, -0.1) is 0 Å². The molecule has 0 aliphatic heterocycles. The fraction of sp³-hybridized carbons (Fsp3) is 0.273. The molecular weight excluding hydrogens is 266 g/mol. The van der Waals surface area contributed by atoms with Gasteiger partial charge in [0.2, 0.25) is 0 Å². The lowest BCUT2D eigenvalue weighted by Gasteiger charge is -2.09. The zero-order valence-electron chi connectivity index (χ0n) is 8.91. The topological polar surface area (TPSA) is 54.9 Å². The van der Waals surface area contributed by atoms with Crippen molar-refractivity contribution in [1.29, 1.82) is 0 Å². The zero-order valence-corrected chi connectivity index (χ0v) is 9.67. The highest BCUT2D eigenvalue weighted by molar-refractivity contribution is 6.35. The zero-order chi connectivity index (χ0) is 13.0. The molecule has 1 aliphatic carbocycles. The minimum Gasteiger partial charge on any atom is -0.286 e. The molecule has 0 amide bonds. The van der Waals surface area contributed by atoms with Gasteiger partial charge in [-0.1, -0.05) is 11.6 Å². The van der Waals surface area contributed by atoms with Gasteiger partial charge in [0, 0.05) is 6.42 Å². The van der Waals surface area contributed by atoms with Crippen molar-refractivity contribution >= 4 is 22.5 Å². The lowest BCUT2D eigenvalue weighted by Crippen LogP contribution is -2.30. The summed E-state index contributed by atoms with van der Waals surface area (Å²) in [5.74, 6) is -0.684. The number of nitrogens with zero attached hydrogens (tertiary/aromatic N) is 1. The van der Waals surface area contributed by atoms with Gasteiger partial charge in [0.1, 0.15) is 12.0 Å². The molecule has 4 nitrogen and oxygen atoms in total. The van der Waals surface area contributed by atoms with Crippen LogP contribution in [0, 0.1) is 5.82 Å². The Labute approximate surface area is 104 Å². The molecule has 1 saturated carbocycles. The van der Waals surface area contributed by atoms with Crippen molar-refractivity contribution in [3.8, 4) is 0 Å². The summed E-state index contributed by atoms with van der Waals surface area (Å²) in [7, 11) is 0. The van der Waals surface area contributed by atoms with E-state index in [1.165, 1.54) is 0 Å². The monoisotopic (exact) mass is 272 g/mol. The number of aromatic amines is 1. The lowest BCUT2D eigenvalue weighted by molar-refractivity contribution is 0.440. The first-order valence-corrected chi connectivity index (χ1v) is 5.64. The number of aromatic nitrogens is 2. The van der Waals surface area contributed by atoms with Crippen LogP contribution < -0.4 is 11.2 Å². The molecule has 1 heterocycles.